The van der Waals surface area contributed by atoms with E-state index in [9.17, 15) is 0 Å². The molecule has 0 amide bonds. The molecule has 0 saturated heterocycles. The molecule has 0 aliphatic carbocycles. The monoisotopic (exact) mass is 766 g/mol. The van der Waals surface area contributed by atoms with Gasteiger partial charge in [-0.3, -0.25) is 4.57 Å². The molecule has 12 rings (SSSR count). The second-order valence-electron chi connectivity index (χ2n) is 15.1. The van der Waals surface area contributed by atoms with Crippen LogP contribution in [0.4, 0.5) is 0 Å². The van der Waals surface area contributed by atoms with E-state index in [0.29, 0.717) is 17.5 Å². The summed E-state index contributed by atoms with van der Waals surface area (Å²) in [5.74, 6) is 2.59. The zero-order valence-electron chi connectivity index (χ0n) is 32.3. The molecule has 4 heterocycles. The molecule has 0 spiro atoms. The largest absolute Gasteiger partial charge is 0.309 e. The second-order valence-corrected chi connectivity index (χ2v) is 15.1. The normalized spacial score (nSPS) is 11.7. The third-order valence-corrected chi connectivity index (χ3v) is 11.6. The first-order valence-corrected chi connectivity index (χ1v) is 20.1. The number of fused-ring (bicyclic) bond motifs is 7. The third kappa shape index (κ3) is 5.50. The highest BCUT2D eigenvalue weighted by Crippen LogP contribution is 2.40. The molecule has 6 nitrogen and oxygen atoms in total. The lowest BCUT2D eigenvalue weighted by Gasteiger charge is -2.12. The van der Waals surface area contributed by atoms with Crippen molar-refractivity contribution in [2.75, 3.05) is 0 Å². The Morgan fingerprint density at radius 3 is 1.57 bits per heavy atom. The standard InChI is InChI=1S/C54H34N6/c1-3-14-35(15-4-1)36-26-28-38(29-27-36)52-56-53(58-54(57-52)44-23-13-17-37-16-7-8-20-41(37)44)39-30-31-51(55-34-39)60-48-25-12-10-22-43(48)46-32-45-42-21-9-11-24-47(42)59(49(45)33-50(46)60)40-18-5-2-6-19-40/h1-34H. The van der Waals surface area contributed by atoms with E-state index in [-0.39, 0.29) is 0 Å². The summed E-state index contributed by atoms with van der Waals surface area (Å²) >= 11 is 0. The van der Waals surface area contributed by atoms with Crippen LogP contribution in [0.3, 0.4) is 0 Å². The fourth-order valence-electron chi connectivity index (χ4n) is 8.80. The summed E-state index contributed by atoms with van der Waals surface area (Å²) in [6.45, 7) is 0. The number of rotatable bonds is 6. The summed E-state index contributed by atoms with van der Waals surface area (Å²) in [7, 11) is 0. The minimum absolute atomic E-state index is 0.561. The molecular formula is C54H34N6. The van der Waals surface area contributed by atoms with Crippen molar-refractivity contribution in [2.45, 2.75) is 0 Å². The van der Waals surface area contributed by atoms with E-state index in [1.807, 2.05) is 12.3 Å². The van der Waals surface area contributed by atoms with Crippen molar-refractivity contribution in [2.24, 2.45) is 0 Å². The van der Waals surface area contributed by atoms with E-state index < -0.39 is 0 Å². The minimum atomic E-state index is 0.561. The van der Waals surface area contributed by atoms with Crippen LogP contribution in [0.1, 0.15) is 0 Å². The molecule has 0 aliphatic heterocycles. The molecular weight excluding hydrogens is 733 g/mol. The highest BCUT2D eigenvalue weighted by Gasteiger charge is 2.20. The van der Waals surface area contributed by atoms with Gasteiger partial charge >= 0.3 is 0 Å². The van der Waals surface area contributed by atoms with Gasteiger partial charge in [-0.1, -0.05) is 152 Å². The van der Waals surface area contributed by atoms with Crippen LogP contribution < -0.4 is 0 Å². The molecule has 0 N–H and O–H groups in total. The van der Waals surface area contributed by atoms with Gasteiger partial charge in [0.1, 0.15) is 5.82 Å². The van der Waals surface area contributed by atoms with Crippen LogP contribution in [-0.2, 0) is 0 Å². The van der Waals surface area contributed by atoms with Crippen molar-refractivity contribution in [3.05, 3.63) is 206 Å². The number of nitrogens with zero attached hydrogens (tertiary/aromatic N) is 6. The molecule has 0 aliphatic rings. The summed E-state index contributed by atoms with van der Waals surface area (Å²) in [5.41, 5.74) is 10.6. The maximum Gasteiger partial charge on any atom is 0.165 e. The quantitative estimate of drug-likeness (QED) is 0.169. The molecule has 0 unspecified atom stereocenters. The number of pyridine rings is 1. The Bertz CT molecular complexity index is 3570. The van der Waals surface area contributed by atoms with Gasteiger partial charge in [0.2, 0.25) is 0 Å². The van der Waals surface area contributed by atoms with Gasteiger partial charge < -0.3 is 4.57 Å². The summed E-state index contributed by atoms with van der Waals surface area (Å²) in [4.78, 5) is 20.5. The highest BCUT2D eigenvalue weighted by atomic mass is 15.1. The first-order chi connectivity index (χ1) is 29.7. The van der Waals surface area contributed by atoms with Crippen LogP contribution in [0.5, 0.6) is 0 Å². The number of hydrogen-bond acceptors (Lipinski definition) is 4. The second kappa shape index (κ2) is 13.7. The average Bonchev–Trinajstić information content (AvgIpc) is 3.83. The zero-order chi connectivity index (χ0) is 39.6. The molecule has 0 fully saturated rings. The van der Waals surface area contributed by atoms with Crippen LogP contribution in [0, 0.1) is 0 Å². The molecule has 4 aromatic heterocycles. The van der Waals surface area contributed by atoms with E-state index in [4.69, 9.17) is 19.9 Å². The Hall–Kier alpha value is -8.22. The van der Waals surface area contributed by atoms with Crippen molar-refractivity contribution >= 4 is 54.4 Å². The molecule has 0 atom stereocenters. The predicted octanol–water partition coefficient (Wildman–Crippen LogP) is 13.3. The predicted molar refractivity (Wildman–Crippen MR) is 246 cm³/mol. The van der Waals surface area contributed by atoms with Crippen LogP contribution in [-0.4, -0.2) is 29.1 Å². The lowest BCUT2D eigenvalue weighted by Crippen LogP contribution is -2.02. The van der Waals surface area contributed by atoms with Gasteiger partial charge in [-0.15, -0.1) is 0 Å². The Kier molecular flexibility index (Phi) is 7.74. The van der Waals surface area contributed by atoms with E-state index in [2.05, 4.69) is 203 Å². The summed E-state index contributed by atoms with van der Waals surface area (Å²) in [5, 5.41) is 7.02. The van der Waals surface area contributed by atoms with E-state index in [0.717, 1.165) is 66.6 Å². The first kappa shape index (κ1) is 33.9. The molecule has 280 valence electrons. The van der Waals surface area contributed by atoms with Gasteiger partial charge in [-0.05, 0) is 70.4 Å². The van der Waals surface area contributed by atoms with Gasteiger partial charge in [0, 0.05) is 50.1 Å². The number of para-hydroxylation sites is 3. The maximum atomic E-state index is 5.16. The number of hydrogen-bond donors (Lipinski definition) is 0. The Morgan fingerprint density at radius 1 is 0.317 bits per heavy atom. The fourth-order valence-corrected chi connectivity index (χ4v) is 8.80. The Balaban J connectivity index is 1.02. The van der Waals surface area contributed by atoms with E-state index >= 15 is 0 Å². The van der Waals surface area contributed by atoms with Crippen molar-refractivity contribution in [3.63, 3.8) is 0 Å². The Labute approximate surface area is 345 Å². The van der Waals surface area contributed by atoms with Crippen molar-refractivity contribution in [1.29, 1.82) is 0 Å². The minimum Gasteiger partial charge on any atom is -0.309 e. The van der Waals surface area contributed by atoms with Crippen molar-refractivity contribution < 1.29 is 0 Å². The molecule has 8 aromatic carbocycles. The molecule has 60 heavy (non-hydrogen) atoms. The van der Waals surface area contributed by atoms with E-state index in [1.165, 1.54) is 27.1 Å². The summed E-state index contributed by atoms with van der Waals surface area (Å²) in [6, 6.07) is 70.1. The first-order valence-electron chi connectivity index (χ1n) is 20.1. The van der Waals surface area contributed by atoms with Crippen LogP contribution in [0.25, 0.3) is 111 Å². The zero-order valence-corrected chi connectivity index (χ0v) is 32.3. The average molecular weight is 767 g/mol. The van der Waals surface area contributed by atoms with Crippen LogP contribution in [0.15, 0.2) is 206 Å². The summed E-state index contributed by atoms with van der Waals surface area (Å²) < 4.78 is 4.64. The van der Waals surface area contributed by atoms with Crippen molar-refractivity contribution in [1.82, 2.24) is 29.1 Å². The van der Waals surface area contributed by atoms with Gasteiger partial charge in [0.05, 0.1) is 22.1 Å². The van der Waals surface area contributed by atoms with Crippen molar-refractivity contribution in [3.8, 4) is 56.8 Å². The highest BCUT2D eigenvalue weighted by molar-refractivity contribution is 6.19. The molecule has 0 saturated carbocycles. The van der Waals surface area contributed by atoms with Crippen LogP contribution in [0.2, 0.25) is 0 Å². The van der Waals surface area contributed by atoms with Gasteiger partial charge in [0.15, 0.2) is 17.5 Å². The maximum absolute atomic E-state index is 5.16. The smallest absolute Gasteiger partial charge is 0.165 e. The van der Waals surface area contributed by atoms with Gasteiger partial charge in [-0.2, -0.15) is 0 Å². The molecule has 6 heteroatoms. The van der Waals surface area contributed by atoms with Crippen LogP contribution >= 0.6 is 0 Å². The molecule has 0 radical (unpaired) electrons. The third-order valence-electron chi connectivity index (χ3n) is 11.6. The fraction of sp³-hybridized carbons (Fsp3) is 0. The SMILES string of the molecule is c1ccc(-c2ccc(-c3nc(-c4ccc(-n5c6ccccc6c6cc7c8ccccc8n(-c8ccccc8)c7cc65)nc4)nc(-c4cccc5ccccc45)n3)cc2)cc1. The Morgan fingerprint density at radius 2 is 0.850 bits per heavy atom. The number of benzene rings is 8. The molecule has 12 aromatic rings. The lowest BCUT2D eigenvalue weighted by atomic mass is 10.0. The van der Waals surface area contributed by atoms with E-state index in [1.54, 1.807) is 0 Å². The van der Waals surface area contributed by atoms with Gasteiger partial charge in [-0.25, -0.2) is 19.9 Å². The number of aromatic nitrogens is 6. The topological polar surface area (TPSA) is 61.4 Å². The molecule has 0 bridgehead atoms. The lowest BCUT2D eigenvalue weighted by molar-refractivity contribution is 1.05. The summed E-state index contributed by atoms with van der Waals surface area (Å²) in [6.07, 6.45) is 1.89. The van der Waals surface area contributed by atoms with Gasteiger partial charge in [0.25, 0.3) is 0 Å².